The largest absolute Gasteiger partial charge is 0.306 e. The highest BCUT2D eigenvalue weighted by Crippen LogP contribution is 2.12. The van der Waals surface area contributed by atoms with Gasteiger partial charge in [-0.25, -0.2) is 5.43 Å². The maximum Gasteiger partial charge on any atom is 0.260 e. The minimum atomic E-state index is -0.369. The minimum Gasteiger partial charge on any atom is -0.306 e. The van der Waals surface area contributed by atoms with E-state index in [1.807, 2.05) is 36.7 Å². The Kier molecular flexibility index (Phi) is 5.61. The summed E-state index contributed by atoms with van der Waals surface area (Å²) in [6.07, 6.45) is 3.15. The van der Waals surface area contributed by atoms with Crippen molar-refractivity contribution < 1.29 is 4.79 Å². The van der Waals surface area contributed by atoms with Gasteiger partial charge in [0.25, 0.3) is 11.5 Å². The maximum atomic E-state index is 12.0. The van der Waals surface area contributed by atoms with Crippen molar-refractivity contribution in [3.8, 4) is 0 Å². The van der Waals surface area contributed by atoms with Crippen molar-refractivity contribution in [3.63, 3.8) is 0 Å². The molecule has 1 N–H and O–H groups in total. The molecule has 1 amide bonds. The number of nitrogens with zero attached hydrogens (tertiary/aromatic N) is 4. The standard InChI is InChI=1S/C20H21N5O2/c1-15-18(16(2)25(23-15)13-17-8-4-3-5-9-17)12-21-22-19(26)14-24-11-7-6-10-20(24)27/h3-12H,13-14H2,1-2H3,(H,22,26)/b21-12-. The lowest BCUT2D eigenvalue weighted by molar-refractivity contribution is -0.121. The molecule has 2 heterocycles. The van der Waals surface area contributed by atoms with Crippen molar-refractivity contribution in [1.82, 2.24) is 19.8 Å². The smallest absolute Gasteiger partial charge is 0.260 e. The molecule has 27 heavy (non-hydrogen) atoms. The number of hydrazone groups is 1. The molecule has 0 atom stereocenters. The molecule has 0 fully saturated rings. The van der Waals surface area contributed by atoms with Crippen LogP contribution in [0.25, 0.3) is 0 Å². The van der Waals surface area contributed by atoms with Gasteiger partial charge in [-0.1, -0.05) is 36.4 Å². The van der Waals surface area contributed by atoms with Gasteiger partial charge < -0.3 is 4.57 Å². The van der Waals surface area contributed by atoms with E-state index in [1.54, 1.807) is 24.5 Å². The van der Waals surface area contributed by atoms with Gasteiger partial charge in [0, 0.05) is 23.5 Å². The first-order valence-electron chi connectivity index (χ1n) is 8.60. The van der Waals surface area contributed by atoms with Crippen LogP contribution in [0.5, 0.6) is 0 Å². The summed E-state index contributed by atoms with van der Waals surface area (Å²) in [5, 5.41) is 8.57. The van der Waals surface area contributed by atoms with E-state index in [-0.39, 0.29) is 18.0 Å². The van der Waals surface area contributed by atoms with Gasteiger partial charge in [-0.05, 0) is 25.5 Å². The summed E-state index contributed by atoms with van der Waals surface area (Å²) in [7, 11) is 0. The Bertz CT molecular complexity index is 1020. The van der Waals surface area contributed by atoms with Gasteiger partial charge in [-0.15, -0.1) is 0 Å². The lowest BCUT2D eigenvalue weighted by atomic mass is 10.2. The van der Waals surface area contributed by atoms with Gasteiger partial charge in [0.15, 0.2) is 0 Å². The predicted octanol–water partition coefficient (Wildman–Crippen LogP) is 1.86. The number of nitrogens with one attached hydrogen (secondary N) is 1. The average molecular weight is 363 g/mol. The topological polar surface area (TPSA) is 81.3 Å². The van der Waals surface area contributed by atoms with E-state index in [2.05, 4.69) is 27.8 Å². The molecule has 3 rings (SSSR count). The van der Waals surface area contributed by atoms with Crippen LogP contribution in [-0.4, -0.2) is 26.5 Å². The van der Waals surface area contributed by atoms with Crippen molar-refractivity contribution in [2.45, 2.75) is 26.9 Å². The number of carbonyl (C=O) groups is 1. The molecule has 0 bridgehead atoms. The first-order valence-corrected chi connectivity index (χ1v) is 8.60. The van der Waals surface area contributed by atoms with Crippen molar-refractivity contribution in [2.24, 2.45) is 5.10 Å². The van der Waals surface area contributed by atoms with Gasteiger partial charge in [0.1, 0.15) is 6.54 Å². The fraction of sp³-hybridized carbons (Fsp3) is 0.200. The molecule has 0 aliphatic rings. The Morgan fingerprint density at radius 1 is 1.15 bits per heavy atom. The second-order valence-corrected chi connectivity index (χ2v) is 6.19. The second kappa shape index (κ2) is 8.27. The molecular formula is C20H21N5O2. The normalized spacial score (nSPS) is 11.0. The Labute approximate surface area is 157 Å². The number of benzene rings is 1. The lowest BCUT2D eigenvalue weighted by Crippen LogP contribution is -2.29. The maximum absolute atomic E-state index is 12.0. The van der Waals surface area contributed by atoms with E-state index >= 15 is 0 Å². The predicted molar refractivity (Wildman–Crippen MR) is 104 cm³/mol. The fourth-order valence-electron chi connectivity index (χ4n) is 2.76. The summed E-state index contributed by atoms with van der Waals surface area (Å²) >= 11 is 0. The van der Waals surface area contributed by atoms with Crippen molar-refractivity contribution in [1.29, 1.82) is 0 Å². The fourth-order valence-corrected chi connectivity index (χ4v) is 2.76. The first-order chi connectivity index (χ1) is 13.0. The number of rotatable bonds is 6. The molecule has 0 aliphatic heterocycles. The quantitative estimate of drug-likeness (QED) is 0.536. The van der Waals surface area contributed by atoms with Crippen LogP contribution in [0.4, 0.5) is 0 Å². The summed E-state index contributed by atoms with van der Waals surface area (Å²) in [5.74, 6) is -0.369. The van der Waals surface area contributed by atoms with E-state index in [0.717, 1.165) is 22.5 Å². The number of carbonyl (C=O) groups excluding carboxylic acids is 1. The SMILES string of the molecule is Cc1nn(Cc2ccccc2)c(C)c1/C=N\NC(=O)Cn1ccccc1=O. The van der Waals surface area contributed by atoms with Crippen LogP contribution in [0, 0.1) is 13.8 Å². The molecular weight excluding hydrogens is 342 g/mol. The van der Waals surface area contributed by atoms with Crippen LogP contribution >= 0.6 is 0 Å². The van der Waals surface area contributed by atoms with E-state index in [1.165, 1.54) is 10.6 Å². The summed E-state index contributed by atoms with van der Waals surface area (Å²) in [6.45, 7) is 4.46. The Morgan fingerprint density at radius 2 is 1.89 bits per heavy atom. The molecule has 2 aromatic heterocycles. The number of amides is 1. The third kappa shape index (κ3) is 4.58. The summed E-state index contributed by atoms with van der Waals surface area (Å²) in [5.41, 5.74) is 6.05. The van der Waals surface area contributed by atoms with Crippen LogP contribution in [0.1, 0.15) is 22.5 Å². The van der Waals surface area contributed by atoms with Gasteiger partial charge >= 0.3 is 0 Å². The molecule has 0 saturated carbocycles. The van der Waals surface area contributed by atoms with E-state index in [0.29, 0.717) is 6.54 Å². The number of pyridine rings is 1. The van der Waals surface area contributed by atoms with Crippen LogP contribution in [-0.2, 0) is 17.9 Å². The highest BCUT2D eigenvalue weighted by Gasteiger charge is 2.10. The zero-order valence-electron chi connectivity index (χ0n) is 15.3. The zero-order chi connectivity index (χ0) is 19.2. The van der Waals surface area contributed by atoms with Gasteiger partial charge in [0.05, 0.1) is 18.5 Å². The summed E-state index contributed by atoms with van der Waals surface area (Å²) in [4.78, 5) is 23.6. The molecule has 7 heteroatoms. The zero-order valence-corrected chi connectivity index (χ0v) is 15.3. The number of aromatic nitrogens is 3. The molecule has 0 radical (unpaired) electrons. The average Bonchev–Trinajstić information content (AvgIpc) is 2.92. The second-order valence-electron chi connectivity index (χ2n) is 6.19. The number of hydrogen-bond acceptors (Lipinski definition) is 4. The third-order valence-corrected chi connectivity index (χ3v) is 4.21. The minimum absolute atomic E-state index is 0.0811. The van der Waals surface area contributed by atoms with Gasteiger partial charge in [-0.2, -0.15) is 10.2 Å². The highest BCUT2D eigenvalue weighted by molar-refractivity contribution is 5.84. The molecule has 7 nitrogen and oxygen atoms in total. The van der Waals surface area contributed by atoms with Crippen molar-refractivity contribution >= 4 is 12.1 Å². The van der Waals surface area contributed by atoms with E-state index in [9.17, 15) is 9.59 Å². The summed E-state index contributed by atoms with van der Waals surface area (Å²) in [6, 6.07) is 14.8. The Balaban J connectivity index is 1.66. The Hall–Kier alpha value is -3.48. The monoisotopic (exact) mass is 363 g/mol. The summed E-state index contributed by atoms with van der Waals surface area (Å²) < 4.78 is 3.23. The molecule has 138 valence electrons. The third-order valence-electron chi connectivity index (χ3n) is 4.21. The molecule has 0 aliphatic carbocycles. The van der Waals surface area contributed by atoms with Crippen molar-refractivity contribution in [2.75, 3.05) is 0 Å². The lowest BCUT2D eigenvalue weighted by Gasteiger charge is -2.05. The molecule has 0 saturated heterocycles. The van der Waals surface area contributed by atoms with Crippen LogP contribution in [0.3, 0.4) is 0 Å². The van der Waals surface area contributed by atoms with Crippen LogP contribution in [0.2, 0.25) is 0 Å². The van der Waals surface area contributed by atoms with E-state index in [4.69, 9.17) is 0 Å². The first kappa shape index (κ1) is 18.3. The van der Waals surface area contributed by atoms with E-state index < -0.39 is 0 Å². The molecule has 3 aromatic rings. The van der Waals surface area contributed by atoms with Crippen LogP contribution in [0.15, 0.2) is 64.6 Å². The number of hydrogen-bond donors (Lipinski definition) is 1. The molecule has 0 spiro atoms. The molecule has 0 unspecified atom stereocenters. The van der Waals surface area contributed by atoms with Gasteiger partial charge in [0.2, 0.25) is 0 Å². The van der Waals surface area contributed by atoms with Crippen LogP contribution < -0.4 is 11.0 Å². The Morgan fingerprint density at radius 3 is 2.63 bits per heavy atom. The number of aryl methyl sites for hydroxylation is 1. The van der Waals surface area contributed by atoms with Gasteiger partial charge in [-0.3, -0.25) is 14.3 Å². The molecule has 1 aromatic carbocycles. The van der Waals surface area contributed by atoms with Crippen molar-refractivity contribution in [3.05, 3.63) is 87.6 Å². The highest BCUT2D eigenvalue weighted by atomic mass is 16.2.